The molecular formula is C17H28N2O2. The zero-order valence-corrected chi connectivity index (χ0v) is 13.6. The Hall–Kier alpha value is -1.55. The first-order valence-electron chi connectivity index (χ1n) is 7.67. The number of carbonyl (C=O) groups is 1. The van der Waals surface area contributed by atoms with Crippen LogP contribution in [0.25, 0.3) is 0 Å². The first-order valence-corrected chi connectivity index (χ1v) is 7.67. The van der Waals surface area contributed by atoms with Crippen LogP contribution in [0.1, 0.15) is 52.1 Å². The Morgan fingerprint density at radius 1 is 1.19 bits per heavy atom. The summed E-state index contributed by atoms with van der Waals surface area (Å²) in [5.41, 5.74) is 0.836. The summed E-state index contributed by atoms with van der Waals surface area (Å²) in [6.07, 6.45) is 1.83. The van der Waals surface area contributed by atoms with E-state index in [9.17, 15) is 4.79 Å². The highest BCUT2D eigenvalue weighted by atomic mass is 16.6. The molecule has 0 aliphatic rings. The quantitative estimate of drug-likeness (QED) is 0.754. The van der Waals surface area contributed by atoms with Gasteiger partial charge in [-0.15, -0.1) is 0 Å². The summed E-state index contributed by atoms with van der Waals surface area (Å²) in [5.74, 6) is 0. The third-order valence-electron chi connectivity index (χ3n) is 2.96. The van der Waals surface area contributed by atoms with E-state index in [-0.39, 0.29) is 6.09 Å². The van der Waals surface area contributed by atoms with E-state index in [2.05, 4.69) is 41.8 Å². The van der Waals surface area contributed by atoms with Gasteiger partial charge >= 0.3 is 6.09 Å². The van der Waals surface area contributed by atoms with E-state index < -0.39 is 5.60 Å². The normalized spacial score (nSPS) is 12.8. The van der Waals surface area contributed by atoms with Crippen molar-refractivity contribution in [2.45, 2.75) is 52.2 Å². The zero-order valence-electron chi connectivity index (χ0n) is 13.6. The van der Waals surface area contributed by atoms with Crippen molar-refractivity contribution in [1.29, 1.82) is 0 Å². The third-order valence-corrected chi connectivity index (χ3v) is 2.96. The van der Waals surface area contributed by atoms with E-state index in [4.69, 9.17) is 4.74 Å². The van der Waals surface area contributed by atoms with Gasteiger partial charge in [0.15, 0.2) is 0 Å². The van der Waals surface area contributed by atoms with Crippen LogP contribution >= 0.6 is 0 Å². The Kier molecular flexibility index (Phi) is 7.23. The fourth-order valence-corrected chi connectivity index (χ4v) is 2.09. The van der Waals surface area contributed by atoms with Crippen LogP contribution in [0.15, 0.2) is 30.3 Å². The minimum absolute atomic E-state index is 0.330. The average molecular weight is 292 g/mol. The summed E-state index contributed by atoms with van der Waals surface area (Å²) in [6, 6.07) is 10.7. The Morgan fingerprint density at radius 2 is 1.86 bits per heavy atom. The van der Waals surface area contributed by atoms with Gasteiger partial charge in [-0.25, -0.2) is 4.79 Å². The lowest BCUT2D eigenvalue weighted by atomic mass is 10.0. The lowest BCUT2D eigenvalue weighted by Crippen LogP contribution is -2.37. The Bertz CT molecular complexity index is 413. The molecule has 0 saturated heterocycles. The maximum Gasteiger partial charge on any atom is 0.407 e. The van der Waals surface area contributed by atoms with Crippen LogP contribution in [0.2, 0.25) is 0 Å². The van der Waals surface area contributed by atoms with Gasteiger partial charge in [0.25, 0.3) is 0 Å². The topological polar surface area (TPSA) is 50.4 Å². The molecule has 0 fully saturated rings. The van der Waals surface area contributed by atoms with Gasteiger partial charge in [0.1, 0.15) is 5.60 Å². The van der Waals surface area contributed by atoms with E-state index >= 15 is 0 Å². The minimum Gasteiger partial charge on any atom is -0.444 e. The predicted octanol–water partition coefficient (Wildman–Crippen LogP) is 3.64. The SMILES string of the molecule is CCCC(NCCNC(=O)OC(C)(C)C)c1ccccc1. The predicted molar refractivity (Wildman–Crippen MR) is 86.3 cm³/mol. The van der Waals surface area contributed by atoms with Gasteiger partial charge in [-0.05, 0) is 32.8 Å². The molecule has 0 heterocycles. The largest absolute Gasteiger partial charge is 0.444 e. The maximum atomic E-state index is 11.5. The minimum atomic E-state index is -0.452. The summed E-state index contributed by atoms with van der Waals surface area (Å²) in [6.45, 7) is 9.03. The number of ether oxygens (including phenoxy) is 1. The van der Waals surface area contributed by atoms with Crippen LogP contribution in [0.5, 0.6) is 0 Å². The van der Waals surface area contributed by atoms with Crippen molar-refractivity contribution in [2.75, 3.05) is 13.1 Å². The van der Waals surface area contributed by atoms with Crippen molar-refractivity contribution in [3.05, 3.63) is 35.9 Å². The van der Waals surface area contributed by atoms with Gasteiger partial charge in [-0.3, -0.25) is 0 Å². The second kappa shape index (κ2) is 8.67. The fourth-order valence-electron chi connectivity index (χ4n) is 2.09. The van der Waals surface area contributed by atoms with Gasteiger partial charge in [0.2, 0.25) is 0 Å². The van der Waals surface area contributed by atoms with Crippen molar-refractivity contribution in [3.63, 3.8) is 0 Å². The van der Waals surface area contributed by atoms with Crippen LogP contribution in [-0.2, 0) is 4.74 Å². The van der Waals surface area contributed by atoms with Crippen molar-refractivity contribution in [2.24, 2.45) is 0 Å². The number of nitrogens with one attached hydrogen (secondary N) is 2. The van der Waals surface area contributed by atoms with Gasteiger partial charge in [0.05, 0.1) is 0 Å². The first kappa shape index (κ1) is 17.5. The van der Waals surface area contributed by atoms with Crippen LogP contribution in [-0.4, -0.2) is 24.8 Å². The number of amides is 1. The van der Waals surface area contributed by atoms with Crippen LogP contribution in [0.4, 0.5) is 4.79 Å². The second-order valence-electron chi connectivity index (χ2n) is 6.13. The monoisotopic (exact) mass is 292 g/mol. The molecule has 1 unspecified atom stereocenters. The molecule has 4 nitrogen and oxygen atoms in total. The summed E-state index contributed by atoms with van der Waals surface area (Å²) < 4.78 is 5.20. The van der Waals surface area contributed by atoms with E-state index in [0.717, 1.165) is 19.4 Å². The molecule has 1 aromatic carbocycles. The van der Waals surface area contributed by atoms with Crippen LogP contribution < -0.4 is 10.6 Å². The molecule has 1 aromatic rings. The molecule has 0 aliphatic carbocycles. The molecule has 2 N–H and O–H groups in total. The molecule has 0 aromatic heterocycles. The Balaban J connectivity index is 2.33. The maximum absolute atomic E-state index is 11.5. The van der Waals surface area contributed by atoms with Gasteiger partial charge in [-0.2, -0.15) is 0 Å². The molecule has 0 saturated carbocycles. The Labute approximate surface area is 128 Å². The van der Waals surface area contributed by atoms with E-state index in [1.807, 2.05) is 26.8 Å². The summed E-state index contributed by atoms with van der Waals surface area (Å²) in [7, 11) is 0. The molecule has 118 valence electrons. The molecular weight excluding hydrogens is 264 g/mol. The molecule has 1 amide bonds. The van der Waals surface area contributed by atoms with Crippen LogP contribution in [0.3, 0.4) is 0 Å². The zero-order chi connectivity index (χ0) is 15.7. The molecule has 0 radical (unpaired) electrons. The number of benzene rings is 1. The number of rotatable bonds is 7. The third kappa shape index (κ3) is 7.71. The van der Waals surface area contributed by atoms with Gasteiger partial charge < -0.3 is 15.4 Å². The van der Waals surface area contributed by atoms with E-state index in [0.29, 0.717) is 12.6 Å². The van der Waals surface area contributed by atoms with Gasteiger partial charge in [0, 0.05) is 19.1 Å². The molecule has 1 rings (SSSR count). The highest BCUT2D eigenvalue weighted by Crippen LogP contribution is 2.17. The second-order valence-corrected chi connectivity index (χ2v) is 6.13. The number of hydrogen-bond donors (Lipinski definition) is 2. The van der Waals surface area contributed by atoms with Crippen molar-refractivity contribution < 1.29 is 9.53 Å². The molecule has 1 atom stereocenters. The lowest BCUT2D eigenvalue weighted by molar-refractivity contribution is 0.0528. The summed E-state index contributed by atoms with van der Waals surface area (Å²) in [4.78, 5) is 11.5. The summed E-state index contributed by atoms with van der Waals surface area (Å²) >= 11 is 0. The summed E-state index contributed by atoms with van der Waals surface area (Å²) in [5, 5.41) is 6.25. The average Bonchev–Trinajstić information content (AvgIpc) is 2.41. The lowest BCUT2D eigenvalue weighted by Gasteiger charge is -2.21. The smallest absolute Gasteiger partial charge is 0.407 e. The highest BCUT2D eigenvalue weighted by Gasteiger charge is 2.15. The fraction of sp³-hybridized carbons (Fsp3) is 0.588. The van der Waals surface area contributed by atoms with Crippen molar-refractivity contribution in [1.82, 2.24) is 10.6 Å². The number of hydrogen-bond acceptors (Lipinski definition) is 3. The first-order chi connectivity index (χ1) is 9.92. The van der Waals surface area contributed by atoms with Crippen molar-refractivity contribution >= 4 is 6.09 Å². The van der Waals surface area contributed by atoms with Crippen LogP contribution in [0, 0.1) is 0 Å². The molecule has 21 heavy (non-hydrogen) atoms. The van der Waals surface area contributed by atoms with E-state index in [1.54, 1.807) is 0 Å². The number of alkyl carbamates (subject to hydrolysis) is 1. The molecule has 0 aliphatic heterocycles. The molecule has 4 heteroatoms. The highest BCUT2D eigenvalue weighted by molar-refractivity contribution is 5.67. The standard InChI is InChI=1S/C17H28N2O2/c1-5-9-15(14-10-7-6-8-11-14)18-12-13-19-16(20)21-17(2,3)4/h6-8,10-11,15,18H,5,9,12-13H2,1-4H3,(H,19,20). The molecule has 0 spiro atoms. The van der Waals surface area contributed by atoms with Gasteiger partial charge in [-0.1, -0.05) is 43.7 Å². The Morgan fingerprint density at radius 3 is 2.43 bits per heavy atom. The van der Waals surface area contributed by atoms with Crippen molar-refractivity contribution in [3.8, 4) is 0 Å². The molecule has 0 bridgehead atoms. The number of carbonyl (C=O) groups excluding carboxylic acids is 1. The van der Waals surface area contributed by atoms with E-state index in [1.165, 1.54) is 5.56 Å².